The van der Waals surface area contributed by atoms with E-state index >= 15 is 0 Å². The Balaban J connectivity index is 3.36. The lowest BCUT2D eigenvalue weighted by Crippen LogP contribution is -1.96. The van der Waals surface area contributed by atoms with Crippen LogP contribution in [0.1, 0.15) is 6.42 Å². The molecule has 0 saturated carbocycles. The van der Waals surface area contributed by atoms with Crippen LogP contribution in [-0.4, -0.2) is 18.2 Å². The van der Waals surface area contributed by atoms with E-state index < -0.39 is 0 Å². The minimum Gasteiger partial charge on any atom is -0.313 e. The van der Waals surface area contributed by atoms with E-state index in [1.807, 2.05) is 0 Å². The van der Waals surface area contributed by atoms with Crippen molar-refractivity contribution in [3.05, 3.63) is 0 Å². The molecule has 0 aliphatic heterocycles. The van der Waals surface area contributed by atoms with Gasteiger partial charge >= 0.3 is 0 Å². The largest absolute Gasteiger partial charge is 0.313 e. The number of carbonyl (C=O) groups excluding carboxylic acids is 1. The molecule has 3 heteroatoms. The number of hydrogen-bond acceptors (Lipinski definition) is 3. The summed E-state index contributed by atoms with van der Waals surface area (Å²) < 4.78 is 0. The summed E-state index contributed by atoms with van der Waals surface area (Å²) in [5, 5.41) is 12.7. The van der Waals surface area contributed by atoms with Gasteiger partial charge in [-0.25, -0.2) is 0 Å². The van der Waals surface area contributed by atoms with E-state index in [0.717, 1.165) is 6.21 Å². The highest BCUT2D eigenvalue weighted by molar-refractivity contribution is 6.29. The molecule has 7 heavy (non-hydrogen) atoms. The molecule has 3 nitrogen and oxygen atoms in total. The standard InChI is InChI=1S/C4H6N2O/c5-2-1-4(7)3-6/h2-3,5-6H,1H2. The number of rotatable bonds is 3. The molecule has 0 aliphatic carbocycles. The van der Waals surface area contributed by atoms with Gasteiger partial charge in [0.2, 0.25) is 0 Å². The second kappa shape index (κ2) is 3.21. The van der Waals surface area contributed by atoms with Gasteiger partial charge in [0.15, 0.2) is 5.78 Å². The van der Waals surface area contributed by atoms with Gasteiger partial charge in [-0.2, -0.15) is 0 Å². The molecular formula is C4H6N2O. The van der Waals surface area contributed by atoms with Gasteiger partial charge in [-0.15, -0.1) is 0 Å². The molecule has 0 bridgehead atoms. The van der Waals surface area contributed by atoms with Gasteiger partial charge in [-0.05, 0) is 0 Å². The third-order valence-corrected chi connectivity index (χ3v) is 0.464. The number of Topliss-reactive ketones (excluding diaryl/α,β-unsaturated/α-hetero) is 1. The Labute approximate surface area is 41.4 Å². The van der Waals surface area contributed by atoms with Crippen molar-refractivity contribution < 1.29 is 4.79 Å². The molecule has 38 valence electrons. The average molecular weight is 98.1 g/mol. The number of nitrogens with one attached hydrogen (secondary N) is 2. The zero-order chi connectivity index (χ0) is 5.70. The van der Waals surface area contributed by atoms with Crippen molar-refractivity contribution in [3.8, 4) is 0 Å². The number of hydrogen-bond donors (Lipinski definition) is 2. The minimum absolute atomic E-state index is 0.0590. The van der Waals surface area contributed by atoms with Crippen molar-refractivity contribution in [2.24, 2.45) is 0 Å². The first-order chi connectivity index (χ1) is 3.31. The highest BCUT2D eigenvalue weighted by Gasteiger charge is 1.87. The van der Waals surface area contributed by atoms with Crippen LogP contribution in [0.2, 0.25) is 0 Å². The van der Waals surface area contributed by atoms with Gasteiger partial charge < -0.3 is 10.8 Å². The molecule has 0 unspecified atom stereocenters. The summed E-state index contributed by atoms with van der Waals surface area (Å²) >= 11 is 0. The maximum Gasteiger partial charge on any atom is 0.178 e. The Morgan fingerprint density at radius 2 is 2.14 bits per heavy atom. The van der Waals surface area contributed by atoms with Crippen molar-refractivity contribution in [1.82, 2.24) is 0 Å². The van der Waals surface area contributed by atoms with Gasteiger partial charge in [-0.3, -0.25) is 4.79 Å². The molecule has 0 aromatic rings. The fourth-order valence-electron chi connectivity index (χ4n) is 0.160. The van der Waals surface area contributed by atoms with Gasteiger partial charge in [0.05, 0.1) is 6.21 Å². The Hall–Kier alpha value is -0.990. The molecule has 0 heterocycles. The van der Waals surface area contributed by atoms with E-state index in [4.69, 9.17) is 10.8 Å². The highest BCUT2D eigenvalue weighted by Crippen LogP contribution is 1.68. The van der Waals surface area contributed by atoms with Crippen molar-refractivity contribution in [2.75, 3.05) is 0 Å². The lowest BCUT2D eigenvalue weighted by molar-refractivity contribution is -0.111. The highest BCUT2D eigenvalue weighted by atomic mass is 16.1. The molecule has 0 rings (SSSR count). The first-order valence-electron chi connectivity index (χ1n) is 1.83. The molecule has 0 fully saturated rings. The van der Waals surface area contributed by atoms with E-state index in [1.54, 1.807) is 0 Å². The second-order valence-corrected chi connectivity index (χ2v) is 1.02. The van der Waals surface area contributed by atoms with Gasteiger partial charge in [0, 0.05) is 12.6 Å². The van der Waals surface area contributed by atoms with Crippen LogP contribution in [0.15, 0.2) is 0 Å². The van der Waals surface area contributed by atoms with Crippen LogP contribution >= 0.6 is 0 Å². The van der Waals surface area contributed by atoms with Crippen molar-refractivity contribution >= 4 is 18.2 Å². The van der Waals surface area contributed by atoms with Crippen LogP contribution < -0.4 is 0 Å². The Morgan fingerprint density at radius 3 is 2.29 bits per heavy atom. The van der Waals surface area contributed by atoms with Crippen LogP contribution in [0.3, 0.4) is 0 Å². The summed E-state index contributed by atoms with van der Waals surface area (Å²) in [6.07, 6.45) is 1.75. The van der Waals surface area contributed by atoms with Crippen molar-refractivity contribution in [3.63, 3.8) is 0 Å². The van der Waals surface area contributed by atoms with Gasteiger partial charge in [-0.1, -0.05) is 0 Å². The fraction of sp³-hybridized carbons (Fsp3) is 0.250. The van der Waals surface area contributed by atoms with E-state index in [9.17, 15) is 4.79 Å². The van der Waals surface area contributed by atoms with E-state index in [0.29, 0.717) is 6.21 Å². The zero-order valence-electron chi connectivity index (χ0n) is 3.77. The van der Waals surface area contributed by atoms with E-state index in [1.165, 1.54) is 0 Å². The van der Waals surface area contributed by atoms with Crippen LogP contribution in [0.4, 0.5) is 0 Å². The third-order valence-electron chi connectivity index (χ3n) is 0.464. The fourth-order valence-corrected chi connectivity index (χ4v) is 0.160. The Kier molecular flexibility index (Phi) is 2.76. The predicted octanol–water partition coefficient (Wildman–Crippen LogP) is 0.245. The van der Waals surface area contributed by atoms with Crippen LogP contribution in [0.5, 0.6) is 0 Å². The number of carbonyl (C=O) groups is 1. The maximum atomic E-state index is 10.0. The lowest BCUT2D eigenvalue weighted by atomic mass is 10.3. The summed E-state index contributed by atoms with van der Waals surface area (Å²) in [6, 6.07) is 0. The summed E-state index contributed by atoms with van der Waals surface area (Å²) in [5.74, 6) is -0.324. The molecule has 0 aromatic carbocycles. The maximum absolute atomic E-state index is 10.0. The van der Waals surface area contributed by atoms with E-state index in [-0.39, 0.29) is 12.2 Å². The first-order valence-corrected chi connectivity index (χ1v) is 1.83. The third kappa shape index (κ3) is 2.82. The van der Waals surface area contributed by atoms with Crippen LogP contribution in [0, 0.1) is 10.8 Å². The van der Waals surface area contributed by atoms with Gasteiger partial charge in [0.25, 0.3) is 0 Å². The molecule has 2 N–H and O–H groups in total. The normalized spacial score (nSPS) is 7.43. The lowest BCUT2D eigenvalue weighted by Gasteiger charge is -1.76. The summed E-state index contributed by atoms with van der Waals surface area (Å²) in [5.41, 5.74) is 0. The smallest absolute Gasteiger partial charge is 0.178 e. The number of ketones is 1. The Bertz CT molecular complexity index is 97.9. The average Bonchev–Trinajstić information content (AvgIpc) is 1.68. The predicted molar refractivity (Wildman–Crippen MR) is 27.2 cm³/mol. The molecule has 0 atom stereocenters. The first kappa shape index (κ1) is 6.01. The SMILES string of the molecule is N=CCC(=O)C=N. The quantitative estimate of drug-likeness (QED) is 0.488. The summed E-state index contributed by atoms with van der Waals surface area (Å²) in [6.45, 7) is 0. The van der Waals surface area contributed by atoms with Gasteiger partial charge in [0.1, 0.15) is 0 Å². The van der Waals surface area contributed by atoms with Crippen molar-refractivity contribution in [2.45, 2.75) is 6.42 Å². The molecule has 0 aliphatic rings. The Morgan fingerprint density at radius 1 is 1.57 bits per heavy atom. The summed E-state index contributed by atoms with van der Waals surface area (Å²) in [4.78, 5) is 10.0. The summed E-state index contributed by atoms with van der Waals surface area (Å²) in [7, 11) is 0. The minimum atomic E-state index is -0.324. The van der Waals surface area contributed by atoms with Crippen LogP contribution in [-0.2, 0) is 4.79 Å². The molecule has 0 amide bonds. The monoisotopic (exact) mass is 98.0 g/mol. The molecule has 0 saturated heterocycles. The van der Waals surface area contributed by atoms with Crippen LogP contribution in [0.25, 0.3) is 0 Å². The zero-order valence-corrected chi connectivity index (χ0v) is 3.77. The van der Waals surface area contributed by atoms with E-state index in [2.05, 4.69) is 0 Å². The molecule has 0 radical (unpaired) electrons. The molecule has 0 spiro atoms. The van der Waals surface area contributed by atoms with Crippen molar-refractivity contribution in [1.29, 1.82) is 10.8 Å². The molecular weight excluding hydrogens is 92.1 g/mol. The second-order valence-electron chi connectivity index (χ2n) is 1.02. The molecule has 0 aromatic heterocycles. The topological polar surface area (TPSA) is 64.8 Å².